The molecule has 4 heteroatoms. The van der Waals surface area contributed by atoms with Gasteiger partial charge in [-0.1, -0.05) is 0 Å². The van der Waals surface area contributed by atoms with E-state index in [2.05, 4.69) is 20.9 Å². The van der Waals surface area contributed by atoms with Crippen LogP contribution in [0.1, 0.15) is 0 Å². The molecule has 64 valence electrons. The lowest BCUT2D eigenvalue weighted by atomic mass is 10.3. The summed E-state index contributed by atoms with van der Waals surface area (Å²) in [5.74, 6) is 0.783. The van der Waals surface area contributed by atoms with Crippen LogP contribution in [0.15, 0.2) is 22.9 Å². The minimum atomic E-state index is 0.200. The van der Waals surface area contributed by atoms with Crippen LogP contribution < -0.4 is 4.74 Å². The van der Waals surface area contributed by atoms with Gasteiger partial charge < -0.3 is 9.47 Å². The topological polar surface area (TPSA) is 31.4 Å². The van der Waals surface area contributed by atoms with E-state index in [-0.39, 0.29) is 6.10 Å². The summed E-state index contributed by atoms with van der Waals surface area (Å²) in [6.07, 6.45) is 1.92. The number of hydrogen-bond donors (Lipinski definition) is 0. The minimum Gasteiger partial charge on any atom is -0.483 e. The number of pyridine rings is 1. The molecule has 1 fully saturated rings. The first-order valence-corrected chi connectivity index (χ1v) is 4.50. The van der Waals surface area contributed by atoms with E-state index in [1.54, 1.807) is 6.20 Å². The lowest BCUT2D eigenvalue weighted by molar-refractivity contribution is -0.0801. The number of hydrogen-bond acceptors (Lipinski definition) is 3. The highest BCUT2D eigenvalue weighted by Gasteiger charge is 2.20. The van der Waals surface area contributed by atoms with Crippen molar-refractivity contribution in [2.45, 2.75) is 6.10 Å². The van der Waals surface area contributed by atoms with Gasteiger partial charge in [0.05, 0.1) is 13.2 Å². The molecule has 0 aromatic carbocycles. The van der Waals surface area contributed by atoms with Crippen molar-refractivity contribution in [3.05, 3.63) is 22.9 Å². The quantitative estimate of drug-likeness (QED) is 0.723. The maximum atomic E-state index is 5.55. The van der Waals surface area contributed by atoms with Crippen molar-refractivity contribution in [1.82, 2.24) is 4.98 Å². The second-order valence-corrected chi connectivity index (χ2v) is 3.32. The molecule has 0 radical (unpaired) electrons. The highest BCUT2D eigenvalue weighted by Crippen LogP contribution is 2.23. The second kappa shape index (κ2) is 3.41. The molecule has 0 aliphatic carbocycles. The number of halogens is 1. The summed E-state index contributed by atoms with van der Waals surface area (Å²) in [5.41, 5.74) is 0. The Kier molecular flexibility index (Phi) is 2.28. The molecular weight excluding hydrogens is 222 g/mol. The normalized spacial score (nSPS) is 17.1. The predicted molar refractivity (Wildman–Crippen MR) is 47.2 cm³/mol. The van der Waals surface area contributed by atoms with Crippen LogP contribution in [0.4, 0.5) is 0 Å². The molecule has 0 unspecified atom stereocenters. The number of nitrogens with zero attached hydrogens (tertiary/aromatic N) is 1. The molecule has 1 aliphatic rings. The van der Waals surface area contributed by atoms with Gasteiger partial charge in [0.1, 0.15) is 10.7 Å². The molecule has 1 saturated heterocycles. The van der Waals surface area contributed by atoms with Crippen LogP contribution in [-0.2, 0) is 4.74 Å². The fourth-order valence-electron chi connectivity index (χ4n) is 0.921. The SMILES string of the molecule is Brc1ncccc1OC1COC1. The van der Waals surface area contributed by atoms with Gasteiger partial charge in [-0.2, -0.15) is 0 Å². The van der Waals surface area contributed by atoms with Gasteiger partial charge in [0.15, 0.2) is 5.75 Å². The molecule has 0 amide bonds. The van der Waals surface area contributed by atoms with Gasteiger partial charge >= 0.3 is 0 Å². The van der Waals surface area contributed by atoms with Crippen molar-refractivity contribution in [3.8, 4) is 5.75 Å². The average molecular weight is 230 g/mol. The highest BCUT2D eigenvalue weighted by atomic mass is 79.9. The standard InChI is InChI=1S/C8H8BrNO2/c9-8-7(2-1-3-10-8)12-6-4-11-5-6/h1-3,6H,4-5H2. The maximum Gasteiger partial charge on any atom is 0.152 e. The largest absolute Gasteiger partial charge is 0.483 e. The molecule has 2 rings (SSSR count). The van der Waals surface area contributed by atoms with E-state index in [4.69, 9.17) is 9.47 Å². The zero-order valence-corrected chi connectivity index (χ0v) is 7.95. The molecule has 0 bridgehead atoms. The Morgan fingerprint density at radius 3 is 3.00 bits per heavy atom. The summed E-state index contributed by atoms with van der Waals surface area (Å²) in [6.45, 7) is 1.36. The molecule has 2 heterocycles. The molecule has 1 aliphatic heterocycles. The first-order chi connectivity index (χ1) is 5.86. The van der Waals surface area contributed by atoms with Crippen molar-refractivity contribution < 1.29 is 9.47 Å². The number of rotatable bonds is 2. The minimum absolute atomic E-state index is 0.200. The van der Waals surface area contributed by atoms with Crippen LogP contribution >= 0.6 is 15.9 Å². The number of ether oxygens (including phenoxy) is 2. The van der Waals surface area contributed by atoms with Crippen LogP contribution in [0, 0.1) is 0 Å². The first-order valence-electron chi connectivity index (χ1n) is 3.71. The van der Waals surface area contributed by atoms with Crippen LogP contribution in [0.2, 0.25) is 0 Å². The van der Waals surface area contributed by atoms with Crippen molar-refractivity contribution in [2.75, 3.05) is 13.2 Å². The van der Waals surface area contributed by atoms with Crippen molar-refractivity contribution >= 4 is 15.9 Å². The van der Waals surface area contributed by atoms with E-state index in [1.807, 2.05) is 12.1 Å². The van der Waals surface area contributed by atoms with Gasteiger partial charge in [0.25, 0.3) is 0 Å². The van der Waals surface area contributed by atoms with E-state index in [0.29, 0.717) is 13.2 Å². The Morgan fingerprint density at radius 1 is 1.58 bits per heavy atom. The average Bonchev–Trinajstić information content (AvgIpc) is 2.00. The second-order valence-electron chi connectivity index (χ2n) is 2.57. The van der Waals surface area contributed by atoms with Crippen LogP contribution in [0.25, 0.3) is 0 Å². The Hall–Kier alpha value is -0.610. The van der Waals surface area contributed by atoms with Gasteiger partial charge in [-0.3, -0.25) is 0 Å². The monoisotopic (exact) mass is 229 g/mol. The molecule has 1 aromatic heterocycles. The molecule has 0 atom stereocenters. The van der Waals surface area contributed by atoms with Crippen LogP contribution in [-0.4, -0.2) is 24.3 Å². The lowest BCUT2D eigenvalue weighted by Crippen LogP contribution is -2.38. The molecule has 12 heavy (non-hydrogen) atoms. The van der Waals surface area contributed by atoms with E-state index in [0.717, 1.165) is 10.4 Å². The summed E-state index contributed by atoms with van der Waals surface area (Å²) in [7, 11) is 0. The third-order valence-electron chi connectivity index (χ3n) is 1.63. The third kappa shape index (κ3) is 1.59. The summed E-state index contributed by atoms with van der Waals surface area (Å²) in [4.78, 5) is 4.04. The van der Waals surface area contributed by atoms with E-state index >= 15 is 0 Å². The van der Waals surface area contributed by atoms with E-state index in [1.165, 1.54) is 0 Å². The van der Waals surface area contributed by atoms with Crippen molar-refractivity contribution in [1.29, 1.82) is 0 Å². The summed E-state index contributed by atoms with van der Waals surface area (Å²) in [6, 6.07) is 3.73. The fourth-order valence-corrected chi connectivity index (χ4v) is 1.26. The summed E-state index contributed by atoms with van der Waals surface area (Å²) in [5, 5.41) is 0. The predicted octanol–water partition coefficient (Wildman–Crippen LogP) is 1.62. The third-order valence-corrected chi connectivity index (χ3v) is 2.22. The number of aromatic nitrogens is 1. The van der Waals surface area contributed by atoms with Crippen LogP contribution in [0.3, 0.4) is 0 Å². The Morgan fingerprint density at radius 2 is 2.42 bits per heavy atom. The molecule has 1 aromatic rings. The molecular formula is C8H8BrNO2. The van der Waals surface area contributed by atoms with Gasteiger partial charge in [-0.15, -0.1) is 0 Å². The summed E-state index contributed by atoms with van der Waals surface area (Å²) < 4.78 is 11.3. The highest BCUT2D eigenvalue weighted by molar-refractivity contribution is 9.10. The fraction of sp³-hybridized carbons (Fsp3) is 0.375. The van der Waals surface area contributed by atoms with Crippen molar-refractivity contribution in [3.63, 3.8) is 0 Å². The Balaban J connectivity index is 2.06. The molecule has 0 saturated carbocycles. The van der Waals surface area contributed by atoms with Gasteiger partial charge in [-0.05, 0) is 28.1 Å². The first kappa shape index (κ1) is 8.01. The Bertz CT molecular complexity index is 276. The smallest absolute Gasteiger partial charge is 0.152 e. The van der Waals surface area contributed by atoms with Gasteiger partial charge in [0.2, 0.25) is 0 Å². The van der Waals surface area contributed by atoms with E-state index in [9.17, 15) is 0 Å². The van der Waals surface area contributed by atoms with Crippen molar-refractivity contribution in [2.24, 2.45) is 0 Å². The Labute approximate surface area is 78.8 Å². The van der Waals surface area contributed by atoms with Crippen LogP contribution in [0.5, 0.6) is 5.75 Å². The summed E-state index contributed by atoms with van der Waals surface area (Å²) >= 11 is 3.30. The lowest BCUT2D eigenvalue weighted by Gasteiger charge is -2.26. The molecule has 3 nitrogen and oxygen atoms in total. The van der Waals surface area contributed by atoms with Gasteiger partial charge in [-0.25, -0.2) is 4.98 Å². The zero-order valence-electron chi connectivity index (χ0n) is 6.37. The molecule has 0 spiro atoms. The molecule has 0 N–H and O–H groups in total. The zero-order chi connectivity index (χ0) is 8.39. The van der Waals surface area contributed by atoms with E-state index < -0.39 is 0 Å². The van der Waals surface area contributed by atoms with Gasteiger partial charge in [0, 0.05) is 6.20 Å². The maximum absolute atomic E-state index is 5.55.